The van der Waals surface area contributed by atoms with Gasteiger partial charge < -0.3 is 5.11 Å². The average molecular weight is 203 g/mol. The van der Waals surface area contributed by atoms with Crippen molar-refractivity contribution >= 4 is 16.8 Å². The number of hydrogen-bond acceptors (Lipinski definition) is 2. The quantitative estimate of drug-likeness (QED) is 0.762. The third kappa shape index (κ3) is 2.70. The van der Waals surface area contributed by atoms with Gasteiger partial charge in [-0.05, 0) is 23.2 Å². The second kappa shape index (κ2) is 4.23. The van der Waals surface area contributed by atoms with Gasteiger partial charge in [0.15, 0.2) is 6.17 Å². The van der Waals surface area contributed by atoms with Crippen LogP contribution in [0.15, 0.2) is 24.3 Å². The fourth-order valence-electron chi connectivity index (χ4n) is 0.957. The van der Waals surface area contributed by atoms with Gasteiger partial charge in [-0.2, -0.15) is 0 Å². The number of phenols is 1. The van der Waals surface area contributed by atoms with E-state index in [0.29, 0.717) is 5.56 Å². The predicted molar refractivity (Wildman–Crippen MR) is 47.6 cm³/mol. The first-order chi connectivity index (χ1) is 6.11. The van der Waals surface area contributed by atoms with Crippen LogP contribution in [0.2, 0.25) is 0 Å². The zero-order valence-electron chi connectivity index (χ0n) is 6.71. The third-order valence-corrected chi connectivity index (χ3v) is 1.87. The first-order valence-electron chi connectivity index (χ1n) is 3.71. The Balaban J connectivity index is 2.74. The first-order valence-corrected chi connectivity index (χ1v) is 4.09. The summed E-state index contributed by atoms with van der Waals surface area (Å²) in [5, 5.41) is 8.18. The molecule has 4 heteroatoms. The molecule has 0 aliphatic rings. The van der Waals surface area contributed by atoms with Crippen LogP contribution in [-0.2, 0) is 11.2 Å². The molecule has 13 heavy (non-hydrogen) atoms. The molecule has 0 heterocycles. The van der Waals surface area contributed by atoms with E-state index < -0.39 is 11.4 Å². The molecule has 0 bridgehead atoms. The van der Waals surface area contributed by atoms with Gasteiger partial charge in [-0.25, -0.2) is 4.39 Å². The van der Waals surface area contributed by atoms with Gasteiger partial charge in [0, 0.05) is 6.42 Å². The van der Waals surface area contributed by atoms with E-state index in [1.807, 2.05) is 0 Å². The van der Waals surface area contributed by atoms with Crippen molar-refractivity contribution in [1.82, 2.24) is 0 Å². The minimum atomic E-state index is -1.75. The van der Waals surface area contributed by atoms with Crippen molar-refractivity contribution in [2.24, 2.45) is 0 Å². The van der Waals surface area contributed by atoms with E-state index in [0.717, 1.165) is 0 Å². The number of para-hydroxylation sites is 1. The highest BCUT2D eigenvalue weighted by Crippen LogP contribution is 2.18. The van der Waals surface area contributed by atoms with Crippen molar-refractivity contribution in [3.63, 3.8) is 0 Å². The van der Waals surface area contributed by atoms with Gasteiger partial charge in [0.1, 0.15) is 5.75 Å². The zero-order valence-corrected chi connectivity index (χ0v) is 7.46. The van der Waals surface area contributed by atoms with E-state index in [1.54, 1.807) is 18.2 Å². The standard InChI is InChI=1S/C9H8ClFO2/c10-9(13)7(11)5-6-3-1-2-4-8(6)12/h1-4,7,12H,5H2. The predicted octanol–water partition coefficient (Wildman–Crippen LogP) is 2.04. The number of aromatic hydroxyl groups is 1. The highest BCUT2D eigenvalue weighted by molar-refractivity contribution is 6.64. The molecule has 0 aromatic heterocycles. The summed E-state index contributed by atoms with van der Waals surface area (Å²) in [6.07, 6.45) is -1.94. The SMILES string of the molecule is O=C(Cl)C(F)Cc1ccccc1O. The lowest BCUT2D eigenvalue weighted by Crippen LogP contribution is -2.12. The van der Waals surface area contributed by atoms with Crippen molar-refractivity contribution in [2.45, 2.75) is 12.6 Å². The summed E-state index contributed by atoms with van der Waals surface area (Å²) in [5.74, 6) is -0.0249. The topological polar surface area (TPSA) is 37.3 Å². The van der Waals surface area contributed by atoms with Gasteiger partial charge in [0.05, 0.1) is 0 Å². The summed E-state index contributed by atoms with van der Waals surface area (Å²) in [7, 11) is 0. The smallest absolute Gasteiger partial charge is 0.256 e. The van der Waals surface area contributed by atoms with Gasteiger partial charge in [0.25, 0.3) is 5.24 Å². The molecule has 0 amide bonds. The van der Waals surface area contributed by atoms with E-state index in [4.69, 9.17) is 11.6 Å². The molecule has 1 unspecified atom stereocenters. The van der Waals surface area contributed by atoms with E-state index in [2.05, 4.69) is 0 Å². The van der Waals surface area contributed by atoms with Crippen LogP contribution in [-0.4, -0.2) is 16.5 Å². The molecule has 0 spiro atoms. The molecule has 1 aromatic carbocycles. The summed E-state index contributed by atoms with van der Waals surface area (Å²) >= 11 is 4.93. The zero-order chi connectivity index (χ0) is 9.84. The molecule has 2 nitrogen and oxygen atoms in total. The Labute approximate surface area is 80.0 Å². The van der Waals surface area contributed by atoms with E-state index in [1.165, 1.54) is 6.07 Å². The molecule has 0 radical (unpaired) electrons. The Hall–Kier alpha value is -1.09. The highest BCUT2D eigenvalue weighted by atomic mass is 35.5. The second-order valence-electron chi connectivity index (χ2n) is 2.60. The van der Waals surface area contributed by atoms with Crippen LogP contribution < -0.4 is 0 Å². The molecule has 0 aliphatic heterocycles. The Kier molecular flexibility index (Phi) is 3.25. The summed E-state index contributed by atoms with van der Waals surface area (Å²) in [6.45, 7) is 0. The molecule has 0 saturated heterocycles. The molecule has 1 rings (SSSR count). The molecule has 0 aliphatic carbocycles. The number of hydrogen-bond donors (Lipinski definition) is 1. The van der Waals surface area contributed by atoms with Gasteiger partial charge in [0.2, 0.25) is 0 Å². The molecule has 1 N–H and O–H groups in total. The van der Waals surface area contributed by atoms with Crippen LogP contribution >= 0.6 is 11.6 Å². The van der Waals surface area contributed by atoms with Crippen molar-refractivity contribution < 1.29 is 14.3 Å². The Morgan fingerprint density at radius 3 is 2.69 bits per heavy atom. The normalized spacial score (nSPS) is 12.5. The molecule has 0 fully saturated rings. The maximum Gasteiger partial charge on any atom is 0.256 e. The fourth-order valence-corrected chi connectivity index (χ4v) is 1.03. The number of phenolic OH excluding ortho intramolecular Hbond substituents is 1. The number of carbonyl (C=O) groups excluding carboxylic acids is 1. The lowest BCUT2D eigenvalue weighted by atomic mass is 10.1. The van der Waals surface area contributed by atoms with Crippen LogP contribution in [0.1, 0.15) is 5.56 Å². The van der Waals surface area contributed by atoms with Crippen molar-refractivity contribution in [3.8, 4) is 5.75 Å². The molecule has 0 saturated carbocycles. The summed E-state index contributed by atoms with van der Waals surface area (Å²) in [5.41, 5.74) is 0.379. The minimum Gasteiger partial charge on any atom is -0.508 e. The van der Waals surface area contributed by atoms with Crippen molar-refractivity contribution in [3.05, 3.63) is 29.8 Å². The number of benzene rings is 1. The maximum atomic E-state index is 12.8. The van der Waals surface area contributed by atoms with Gasteiger partial charge in [-0.1, -0.05) is 18.2 Å². The third-order valence-electron chi connectivity index (χ3n) is 1.64. The monoisotopic (exact) mass is 202 g/mol. The fraction of sp³-hybridized carbons (Fsp3) is 0.222. The largest absolute Gasteiger partial charge is 0.508 e. The van der Waals surface area contributed by atoms with Crippen LogP contribution in [0.4, 0.5) is 4.39 Å². The second-order valence-corrected chi connectivity index (χ2v) is 2.98. The number of halogens is 2. The van der Waals surface area contributed by atoms with Gasteiger partial charge in [-0.15, -0.1) is 0 Å². The summed E-state index contributed by atoms with van der Waals surface area (Å²) < 4.78 is 12.8. The molecule has 70 valence electrons. The number of carbonyl (C=O) groups is 1. The lowest BCUT2D eigenvalue weighted by Gasteiger charge is -2.04. The molecule has 1 aromatic rings. The van der Waals surface area contributed by atoms with Gasteiger partial charge >= 0.3 is 0 Å². The Morgan fingerprint density at radius 1 is 1.54 bits per heavy atom. The summed E-state index contributed by atoms with van der Waals surface area (Å²) in [4.78, 5) is 10.4. The number of alkyl halides is 1. The van der Waals surface area contributed by atoms with Crippen LogP contribution in [0, 0.1) is 0 Å². The van der Waals surface area contributed by atoms with Crippen molar-refractivity contribution in [2.75, 3.05) is 0 Å². The minimum absolute atomic E-state index is 0.0249. The summed E-state index contributed by atoms with van der Waals surface area (Å²) in [6, 6.07) is 6.25. The molecular formula is C9H8ClFO2. The van der Waals surface area contributed by atoms with Crippen LogP contribution in [0.3, 0.4) is 0 Å². The van der Waals surface area contributed by atoms with Crippen LogP contribution in [0.5, 0.6) is 5.75 Å². The van der Waals surface area contributed by atoms with E-state index in [9.17, 15) is 14.3 Å². The van der Waals surface area contributed by atoms with Gasteiger partial charge in [-0.3, -0.25) is 4.79 Å². The first kappa shape index (κ1) is 9.99. The Bertz CT molecular complexity index is 314. The molecule has 1 atom stereocenters. The van der Waals surface area contributed by atoms with E-state index in [-0.39, 0.29) is 12.2 Å². The average Bonchev–Trinajstić information content (AvgIpc) is 2.08. The maximum absolute atomic E-state index is 12.8. The highest BCUT2D eigenvalue weighted by Gasteiger charge is 2.16. The van der Waals surface area contributed by atoms with Crippen LogP contribution in [0.25, 0.3) is 0 Å². The van der Waals surface area contributed by atoms with Crippen molar-refractivity contribution in [1.29, 1.82) is 0 Å². The van der Waals surface area contributed by atoms with E-state index >= 15 is 0 Å². The number of rotatable bonds is 3. The Morgan fingerprint density at radius 2 is 2.15 bits per heavy atom. The lowest BCUT2D eigenvalue weighted by molar-refractivity contribution is -0.115. The molecular weight excluding hydrogens is 195 g/mol.